The van der Waals surface area contributed by atoms with Crippen molar-refractivity contribution in [2.24, 2.45) is 0 Å². The van der Waals surface area contributed by atoms with E-state index in [0.29, 0.717) is 0 Å². The van der Waals surface area contributed by atoms with Crippen molar-refractivity contribution in [3.63, 3.8) is 0 Å². The van der Waals surface area contributed by atoms with Crippen molar-refractivity contribution in [2.75, 3.05) is 12.9 Å². The third kappa shape index (κ3) is 10.6. The van der Waals surface area contributed by atoms with E-state index in [1.54, 1.807) is 20.8 Å². The summed E-state index contributed by atoms with van der Waals surface area (Å²) in [6, 6.07) is 8.32. The maximum atomic E-state index is 12.2. The molecule has 1 aromatic rings. The lowest BCUT2D eigenvalue weighted by Crippen LogP contribution is -2.50. The van der Waals surface area contributed by atoms with Gasteiger partial charge in [-0.15, -0.1) is 0 Å². The van der Waals surface area contributed by atoms with Crippen molar-refractivity contribution in [3.8, 4) is 0 Å². The molecule has 27 heavy (non-hydrogen) atoms. The fraction of sp³-hybridized carbons (Fsp3) is 0.556. The van der Waals surface area contributed by atoms with Crippen molar-refractivity contribution in [3.05, 3.63) is 35.9 Å². The van der Waals surface area contributed by atoms with Gasteiger partial charge < -0.3 is 14.8 Å². The molecule has 1 aromatic carbocycles. The number of benzene rings is 1. The highest BCUT2D eigenvalue weighted by atomic mass is 32.2. The van der Waals surface area contributed by atoms with Gasteiger partial charge in [0.1, 0.15) is 18.3 Å². The van der Waals surface area contributed by atoms with Crippen LogP contribution in [0.5, 0.6) is 0 Å². The topological polar surface area (TPSA) is 108 Å². The summed E-state index contributed by atoms with van der Waals surface area (Å²) in [5, 5.41) is 2.63. The molecular weight excluding hydrogens is 374 g/mol. The van der Waals surface area contributed by atoms with Crippen molar-refractivity contribution < 1.29 is 31.7 Å². The molecule has 0 unspecified atom stereocenters. The fourth-order valence-corrected chi connectivity index (χ4v) is 2.88. The minimum absolute atomic E-state index is 0.252. The Hall–Kier alpha value is -2.13. The molecular formula is C18H27NO7S. The van der Waals surface area contributed by atoms with Crippen LogP contribution in [-0.4, -0.2) is 51.1 Å². The summed E-state index contributed by atoms with van der Waals surface area (Å²) in [6.07, 6.45) is -0.701. The first-order valence-electron chi connectivity index (χ1n) is 8.41. The largest absolute Gasteiger partial charge is 0.463 e. The van der Waals surface area contributed by atoms with E-state index < -0.39 is 39.9 Å². The van der Waals surface area contributed by atoms with Gasteiger partial charge in [-0.3, -0.25) is 8.98 Å². The zero-order chi connectivity index (χ0) is 20.7. The molecule has 1 rings (SSSR count). The van der Waals surface area contributed by atoms with Crippen LogP contribution in [0.1, 0.15) is 33.3 Å². The zero-order valence-electron chi connectivity index (χ0n) is 16.2. The lowest BCUT2D eigenvalue weighted by atomic mass is 10.0. The first kappa shape index (κ1) is 22.9. The smallest absolute Gasteiger partial charge is 0.407 e. The monoisotopic (exact) mass is 401 g/mol. The van der Waals surface area contributed by atoms with Crippen LogP contribution in [0.15, 0.2) is 30.3 Å². The lowest BCUT2D eigenvalue weighted by Gasteiger charge is -2.28. The molecule has 0 saturated heterocycles. The number of alkyl carbamates (subject to hydrolysis) is 1. The summed E-state index contributed by atoms with van der Waals surface area (Å²) >= 11 is 0. The fourth-order valence-electron chi connectivity index (χ4n) is 2.24. The van der Waals surface area contributed by atoms with E-state index in [1.165, 1.54) is 6.92 Å². The van der Waals surface area contributed by atoms with E-state index in [1.807, 2.05) is 30.3 Å². The number of carbonyl (C=O) groups is 2. The lowest BCUT2D eigenvalue weighted by molar-refractivity contribution is -0.143. The Morgan fingerprint density at radius 2 is 1.74 bits per heavy atom. The molecule has 1 N–H and O–H groups in total. The van der Waals surface area contributed by atoms with Crippen LogP contribution in [0.2, 0.25) is 0 Å². The first-order valence-corrected chi connectivity index (χ1v) is 10.2. The number of ether oxygens (including phenoxy) is 2. The number of carbonyl (C=O) groups excluding carboxylic acids is 2. The van der Waals surface area contributed by atoms with Gasteiger partial charge >= 0.3 is 12.1 Å². The van der Waals surface area contributed by atoms with Crippen LogP contribution in [0.3, 0.4) is 0 Å². The van der Waals surface area contributed by atoms with Crippen molar-refractivity contribution in [1.82, 2.24) is 5.32 Å². The summed E-state index contributed by atoms with van der Waals surface area (Å²) in [6.45, 7) is 5.99. The second-order valence-corrected chi connectivity index (χ2v) is 8.68. The Kier molecular flexibility index (Phi) is 8.23. The van der Waals surface area contributed by atoms with Gasteiger partial charge in [0.15, 0.2) is 0 Å². The number of esters is 1. The molecule has 0 aliphatic carbocycles. The SMILES string of the molecule is CC(=O)OC[C@H](OS(C)(=O)=O)[C@H](Cc1ccccc1)NC(=O)OC(C)(C)C. The molecule has 0 aliphatic rings. The summed E-state index contributed by atoms with van der Waals surface area (Å²) in [7, 11) is -3.86. The van der Waals surface area contributed by atoms with Gasteiger partial charge in [-0.25, -0.2) is 4.79 Å². The molecule has 2 atom stereocenters. The van der Waals surface area contributed by atoms with Crippen molar-refractivity contribution >= 4 is 22.2 Å². The Balaban J connectivity index is 3.07. The van der Waals surface area contributed by atoms with Crippen molar-refractivity contribution in [2.45, 2.75) is 51.9 Å². The van der Waals surface area contributed by atoms with Gasteiger partial charge in [0.05, 0.1) is 12.3 Å². The van der Waals surface area contributed by atoms with E-state index >= 15 is 0 Å². The Morgan fingerprint density at radius 3 is 2.22 bits per heavy atom. The number of hydrogen-bond acceptors (Lipinski definition) is 7. The summed E-state index contributed by atoms with van der Waals surface area (Å²) in [5.41, 5.74) is 0.105. The van der Waals surface area contributed by atoms with Gasteiger partial charge in [0.2, 0.25) is 0 Å². The van der Waals surface area contributed by atoms with Crippen LogP contribution in [0.25, 0.3) is 0 Å². The third-order valence-electron chi connectivity index (χ3n) is 3.20. The van der Waals surface area contributed by atoms with E-state index in [4.69, 9.17) is 13.7 Å². The van der Waals surface area contributed by atoms with Crippen molar-refractivity contribution in [1.29, 1.82) is 0 Å². The molecule has 0 bridgehead atoms. The maximum absolute atomic E-state index is 12.2. The second-order valence-electron chi connectivity index (χ2n) is 7.08. The van der Waals surface area contributed by atoms with Crippen LogP contribution in [0, 0.1) is 0 Å². The van der Waals surface area contributed by atoms with Gasteiger partial charge in [-0.2, -0.15) is 8.42 Å². The third-order valence-corrected chi connectivity index (χ3v) is 3.80. The van der Waals surface area contributed by atoms with Crippen LogP contribution in [-0.2, 0) is 35.0 Å². The summed E-state index contributed by atoms with van der Waals surface area (Å²) in [5.74, 6) is -0.590. The number of hydrogen-bond donors (Lipinski definition) is 1. The quantitative estimate of drug-likeness (QED) is 0.524. The maximum Gasteiger partial charge on any atom is 0.407 e. The molecule has 0 fully saturated rings. The van der Waals surface area contributed by atoms with E-state index in [2.05, 4.69) is 5.32 Å². The molecule has 152 valence electrons. The molecule has 1 amide bonds. The Bertz CT molecular complexity index is 726. The molecule has 0 radical (unpaired) electrons. The molecule has 9 heteroatoms. The number of rotatable bonds is 8. The van der Waals surface area contributed by atoms with Gasteiger partial charge in [-0.1, -0.05) is 30.3 Å². The summed E-state index contributed by atoms with van der Waals surface area (Å²) < 4.78 is 38.6. The van der Waals surface area contributed by atoms with E-state index in [-0.39, 0.29) is 13.0 Å². The predicted octanol–water partition coefficient (Wildman–Crippen LogP) is 2.03. The Labute approximate surface area is 160 Å². The van der Waals surface area contributed by atoms with Crippen LogP contribution >= 0.6 is 0 Å². The highest BCUT2D eigenvalue weighted by Gasteiger charge is 2.30. The Morgan fingerprint density at radius 1 is 1.15 bits per heavy atom. The predicted molar refractivity (Wildman–Crippen MR) is 99.7 cm³/mol. The zero-order valence-corrected chi connectivity index (χ0v) is 17.0. The molecule has 0 saturated carbocycles. The number of amides is 1. The van der Waals surface area contributed by atoms with Crippen LogP contribution in [0.4, 0.5) is 4.79 Å². The van der Waals surface area contributed by atoms with Crippen LogP contribution < -0.4 is 5.32 Å². The summed E-state index contributed by atoms with van der Waals surface area (Å²) in [4.78, 5) is 23.4. The molecule has 0 spiro atoms. The second kappa shape index (κ2) is 9.70. The highest BCUT2D eigenvalue weighted by molar-refractivity contribution is 7.86. The minimum Gasteiger partial charge on any atom is -0.463 e. The van der Waals surface area contributed by atoms with E-state index in [0.717, 1.165) is 11.8 Å². The average molecular weight is 401 g/mol. The molecule has 0 aliphatic heterocycles. The standard InChI is InChI=1S/C18H27NO7S/c1-13(20)24-12-16(26-27(5,22)23)15(11-14-9-7-6-8-10-14)19-17(21)25-18(2,3)4/h6-10,15-16H,11-12H2,1-5H3,(H,19,21)/t15-,16-/m0/s1. The number of nitrogens with one attached hydrogen (secondary N) is 1. The average Bonchev–Trinajstić information content (AvgIpc) is 2.48. The van der Waals surface area contributed by atoms with Gasteiger partial charge in [0, 0.05) is 6.92 Å². The minimum atomic E-state index is -3.86. The molecule has 0 heterocycles. The normalized spacial score (nSPS) is 14.1. The highest BCUT2D eigenvalue weighted by Crippen LogP contribution is 2.14. The van der Waals surface area contributed by atoms with Gasteiger partial charge in [0.25, 0.3) is 10.1 Å². The van der Waals surface area contributed by atoms with Gasteiger partial charge in [-0.05, 0) is 32.8 Å². The van der Waals surface area contributed by atoms with E-state index in [9.17, 15) is 18.0 Å². The molecule has 8 nitrogen and oxygen atoms in total. The first-order chi connectivity index (χ1) is 12.4. The molecule has 0 aromatic heterocycles.